The summed E-state index contributed by atoms with van der Waals surface area (Å²) in [6.45, 7) is 1.18. The summed E-state index contributed by atoms with van der Waals surface area (Å²) in [6, 6.07) is 18.9. The van der Waals surface area contributed by atoms with E-state index in [4.69, 9.17) is 10.1 Å². The Labute approximate surface area is 131 Å². The minimum atomic E-state index is 0.215. The monoisotopic (exact) mass is 294 g/mol. The number of hydrogen-bond acceptors (Lipinski definition) is 2. The predicted molar refractivity (Wildman–Crippen MR) is 89.9 cm³/mol. The summed E-state index contributed by atoms with van der Waals surface area (Å²) >= 11 is 0. The number of hydrogen-bond donors (Lipinski definition) is 1. The van der Waals surface area contributed by atoms with Gasteiger partial charge in [0.1, 0.15) is 5.82 Å². The van der Waals surface area contributed by atoms with Gasteiger partial charge in [0.25, 0.3) is 0 Å². The Bertz CT molecular complexity index is 719. The smallest absolute Gasteiger partial charge is 0.109 e. The molecule has 0 aliphatic rings. The molecule has 3 heteroatoms. The molecule has 2 aromatic carbocycles. The second-order valence-electron chi connectivity index (χ2n) is 5.58. The maximum Gasteiger partial charge on any atom is 0.109 e. The first-order valence-corrected chi connectivity index (χ1v) is 7.97. The van der Waals surface area contributed by atoms with Crippen LogP contribution in [0.2, 0.25) is 0 Å². The van der Waals surface area contributed by atoms with E-state index in [2.05, 4.69) is 53.1 Å². The van der Waals surface area contributed by atoms with E-state index < -0.39 is 0 Å². The molecule has 1 aromatic heterocycles. The molecule has 0 aliphatic carbocycles. The number of aliphatic hydroxyl groups is 1. The lowest BCUT2D eigenvalue weighted by molar-refractivity contribution is 0.287. The van der Waals surface area contributed by atoms with Crippen LogP contribution in [0.4, 0.5) is 0 Å². The van der Waals surface area contributed by atoms with Gasteiger partial charge in [0, 0.05) is 19.6 Å². The number of imidazole rings is 1. The Balaban J connectivity index is 1.76. The highest BCUT2D eigenvalue weighted by molar-refractivity contribution is 5.75. The van der Waals surface area contributed by atoms with E-state index in [1.807, 2.05) is 6.07 Å². The fourth-order valence-corrected chi connectivity index (χ4v) is 2.89. The van der Waals surface area contributed by atoms with Crippen LogP contribution >= 0.6 is 0 Å². The molecular weight excluding hydrogens is 272 g/mol. The van der Waals surface area contributed by atoms with E-state index in [9.17, 15) is 0 Å². The molecule has 0 fully saturated rings. The molecular formula is C19H22N2O. The topological polar surface area (TPSA) is 38.1 Å². The van der Waals surface area contributed by atoms with Crippen LogP contribution in [-0.4, -0.2) is 21.3 Å². The number of nitrogens with zero attached hydrogens (tertiary/aromatic N) is 2. The standard InChI is InChI=1S/C19H22N2O/c22-15-7-13-19-20-17-11-4-5-12-18(17)21(19)14-6-10-16-8-2-1-3-9-16/h1-5,8-9,11-12,22H,6-7,10,13-15H2. The summed E-state index contributed by atoms with van der Waals surface area (Å²) in [5.74, 6) is 1.09. The third-order valence-corrected chi connectivity index (χ3v) is 3.98. The lowest BCUT2D eigenvalue weighted by Gasteiger charge is -2.09. The molecule has 114 valence electrons. The van der Waals surface area contributed by atoms with Crippen LogP contribution in [0.3, 0.4) is 0 Å². The number of aromatic nitrogens is 2. The Morgan fingerprint density at radius 2 is 1.64 bits per heavy atom. The Hall–Kier alpha value is -2.13. The van der Waals surface area contributed by atoms with Crippen molar-refractivity contribution in [1.82, 2.24) is 9.55 Å². The third-order valence-electron chi connectivity index (χ3n) is 3.98. The zero-order valence-electron chi connectivity index (χ0n) is 12.8. The second-order valence-corrected chi connectivity index (χ2v) is 5.58. The van der Waals surface area contributed by atoms with Crippen molar-refractivity contribution >= 4 is 11.0 Å². The highest BCUT2D eigenvalue weighted by atomic mass is 16.2. The van der Waals surface area contributed by atoms with Gasteiger partial charge in [-0.05, 0) is 37.0 Å². The van der Waals surface area contributed by atoms with Gasteiger partial charge in [-0.1, -0.05) is 42.5 Å². The summed E-state index contributed by atoms with van der Waals surface area (Å²) in [4.78, 5) is 4.73. The predicted octanol–water partition coefficient (Wildman–Crippen LogP) is 3.59. The SMILES string of the molecule is OCCCc1nc2ccccc2n1CCCc1ccccc1. The molecule has 0 amide bonds. The van der Waals surface area contributed by atoms with E-state index in [1.54, 1.807) is 0 Å². The fourth-order valence-electron chi connectivity index (χ4n) is 2.89. The minimum absolute atomic E-state index is 0.215. The Morgan fingerprint density at radius 3 is 2.45 bits per heavy atom. The lowest BCUT2D eigenvalue weighted by Crippen LogP contribution is -2.06. The Kier molecular flexibility index (Phi) is 4.86. The van der Waals surface area contributed by atoms with Gasteiger partial charge in [-0.3, -0.25) is 0 Å². The first-order chi connectivity index (χ1) is 10.9. The first kappa shape index (κ1) is 14.8. The molecule has 0 atom stereocenters. The average molecular weight is 294 g/mol. The van der Waals surface area contributed by atoms with Gasteiger partial charge < -0.3 is 9.67 Å². The van der Waals surface area contributed by atoms with Crippen molar-refractivity contribution in [3.63, 3.8) is 0 Å². The largest absolute Gasteiger partial charge is 0.396 e. The van der Waals surface area contributed by atoms with Gasteiger partial charge in [0.2, 0.25) is 0 Å². The third kappa shape index (κ3) is 3.37. The van der Waals surface area contributed by atoms with Crippen LogP contribution in [0.1, 0.15) is 24.2 Å². The van der Waals surface area contributed by atoms with Crippen molar-refractivity contribution < 1.29 is 5.11 Å². The van der Waals surface area contributed by atoms with Crippen molar-refractivity contribution in [2.24, 2.45) is 0 Å². The minimum Gasteiger partial charge on any atom is -0.396 e. The van der Waals surface area contributed by atoms with Gasteiger partial charge in [-0.2, -0.15) is 0 Å². The number of rotatable bonds is 7. The van der Waals surface area contributed by atoms with Crippen LogP contribution in [0.5, 0.6) is 0 Å². The molecule has 1 N–H and O–H groups in total. The molecule has 0 bridgehead atoms. The van der Waals surface area contributed by atoms with Crippen LogP contribution in [0, 0.1) is 0 Å². The number of aryl methyl sites for hydroxylation is 3. The van der Waals surface area contributed by atoms with Crippen molar-refractivity contribution in [2.75, 3.05) is 6.61 Å². The maximum absolute atomic E-state index is 9.08. The van der Waals surface area contributed by atoms with Gasteiger partial charge in [-0.15, -0.1) is 0 Å². The van der Waals surface area contributed by atoms with Crippen LogP contribution in [-0.2, 0) is 19.4 Å². The van der Waals surface area contributed by atoms with Gasteiger partial charge in [0.15, 0.2) is 0 Å². The van der Waals surface area contributed by atoms with Crippen molar-refractivity contribution in [3.8, 4) is 0 Å². The highest BCUT2D eigenvalue weighted by Crippen LogP contribution is 2.18. The summed E-state index contributed by atoms with van der Waals surface area (Å²) < 4.78 is 2.31. The van der Waals surface area contributed by atoms with Gasteiger partial charge in [0.05, 0.1) is 11.0 Å². The van der Waals surface area contributed by atoms with Crippen molar-refractivity contribution in [3.05, 3.63) is 66.0 Å². The fraction of sp³-hybridized carbons (Fsp3) is 0.316. The van der Waals surface area contributed by atoms with Gasteiger partial charge >= 0.3 is 0 Å². The molecule has 3 nitrogen and oxygen atoms in total. The average Bonchev–Trinajstić information content (AvgIpc) is 2.92. The van der Waals surface area contributed by atoms with Crippen LogP contribution in [0.15, 0.2) is 54.6 Å². The first-order valence-electron chi connectivity index (χ1n) is 7.97. The molecule has 22 heavy (non-hydrogen) atoms. The van der Waals surface area contributed by atoms with E-state index >= 15 is 0 Å². The van der Waals surface area contributed by atoms with Crippen LogP contribution < -0.4 is 0 Å². The molecule has 1 heterocycles. The number of benzene rings is 2. The quantitative estimate of drug-likeness (QED) is 0.723. The summed E-state index contributed by atoms with van der Waals surface area (Å²) in [5.41, 5.74) is 3.63. The van der Waals surface area contributed by atoms with Crippen LogP contribution in [0.25, 0.3) is 11.0 Å². The van der Waals surface area contributed by atoms with Crippen molar-refractivity contribution in [2.45, 2.75) is 32.2 Å². The maximum atomic E-state index is 9.08. The number of fused-ring (bicyclic) bond motifs is 1. The number of aliphatic hydroxyl groups excluding tert-OH is 1. The molecule has 0 spiro atoms. The molecule has 0 saturated carbocycles. The summed E-state index contributed by atoms with van der Waals surface area (Å²) in [6.07, 6.45) is 3.77. The molecule has 0 aliphatic heterocycles. The Morgan fingerprint density at radius 1 is 0.864 bits per heavy atom. The highest BCUT2D eigenvalue weighted by Gasteiger charge is 2.09. The zero-order valence-corrected chi connectivity index (χ0v) is 12.8. The van der Waals surface area contributed by atoms with E-state index in [-0.39, 0.29) is 6.61 Å². The normalized spacial score (nSPS) is 11.1. The second kappa shape index (κ2) is 7.23. The van der Waals surface area contributed by atoms with E-state index in [0.717, 1.165) is 43.6 Å². The van der Waals surface area contributed by atoms with Gasteiger partial charge in [-0.25, -0.2) is 4.98 Å². The van der Waals surface area contributed by atoms with E-state index in [1.165, 1.54) is 11.1 Å². The summed E-state index contributed by atoms with van der Waals surface area (Å²) in [5, 5.41) is 9.08. The lowest BCUT2D eigenvalue weighted by atomic mass is 10.1. The van der Waals surface area contributed by atoms with E-state index in [0.29, 0.717) is 0 Å². The molecule has 0 radical (unpaired) electrons. The summed E-state index contributed by atoms with van der Waals surface area (Å²) in [7, 11) is 0. The molecule has 0 saturated heterocycles. The molecule has 3 aromatic rings. The molecule has 3 rings (SSSR count). The zero-order chi connectivity index (χ0) is 15.2. The van der Waals surface area contributed by atoms with Crippen molar-refractivity contribution in [1.29, 1.82) is 0 Å². The molecule has 0 unspecified atom stereocenters. The number of para-hydroxylation sites is 2.